The molecule has 2 aromatic heterocycles. The van der Waals surface area contributed by atoms with Crippen LogP contribution in [0.4, 0.5) is 17.5 Å². The molecule has 12 nitrogen and oxygen atoms in total. The number of nitrogens with two attached hydrogens (primary N) is 2. The summed E-state index contributed by atoms with van der Waals surface area (Å²) in [5.74, 6) is -1.69. The molecule has 0 radical (unpaired) electrons. The van der Waals surface area contributed by atoms with Crippen molar-refractivity contribution in [2.75, 3.05) is 23.4 Å². The van der Waals surface area contributed by atoms with Gasteiger partial charge in [-0.25, -0.2) is 14.8 Å². The highest BCUT2D eigenvalue weighted by Gasteiger charge is 2.21. The van der Waals surface area contributed by atoms with Gasteiger partial charge >= 0.3 is 5.97 Å². The lowest BCUT2D eigenvalue weighted by atomic mass is 10.1. The summed E-state index contributed by atoms with van der Waals surface area (Å²) in [6.07, 6.45) is 1.68. The summed E-state index contributed by atoms with van der Waals surface area (Å²) >= 11 is 0. The summed E-state index contributed by atoms with van der Waals surface area (Å²) < 4.78 is 0. The van der Waals surface area contributed by atoms with Crippen LogP contribution in [0.25, 0.3) is 11.2 Å². The van der Waals surface area contributed by atoms with Crippen molar-refractivity contribution in [3.63, 3.8) is 0 Å². The van der Waals surface area contributed by atoms with Crippen LogP contribution < -0.4 is 21.7 Å². The first-order chi connectivity index (χ1) is 15.6. The minimum absolute atomic E-state index is 0.0248. The van der Waals surface area contributed by atoms with E-state index in [1.54, 1.807) is 30.5 Å². The molecule has 0 aliphatic rings. The maximum Gasteiger partial charge on any atom is 0.326 e. The number of aliphatic carboxylic acids is 1. The number of nitrogens with one attached hydrogen (secondary N) is 1. The number of rotatable bonds is 9. The van der Waals surface area contributed by atoms with Crippen molar-refractivity contribution >= 4 is 46.3 Å². The van der Waals surface area contributed by atoms with Gasteiger partial charge in [-0.3, -0.25) is 4.79 Å². The molecule has 3 rings (SSSR count). The lowest BCUT2D eigenvalue weighted by Crippen LogP contribution is -2.41. The predicted molar refractivity (Wildman–Crippen MR) is 121 cm³/mol. The molecule has 0 aliphatic heterocycles. The van der Waals surface area contributed by atoms with Crippen LogP contribution in [-0.4, -0.2) is 55.8 Å². The molecule has 3 aromatic rings. The normalized spacial score (nSPS) is 11.7. The SMILES string of the molecule is CC(=O)CC[C@H](NC(=O)c1ccc(N(C)Cc2cnc3nc(N)nc(N)c3n2)cc1)C(=O)O. The molecule has 0 fully saturated rings. The van der Waals surface area contributed by atoms with Gasteiger partial charge in [0.25, 0.3) is 5.91 Å². The third-order valence-electron chi connectivity index (χ3n) is 4.86. The predicted octanol–water partition coefficient (Wildman–Crippen LogP) is 0.773. The van der Waals surface area contributed by atoms with Crippen molar-refractivity contribution in [2.45, 2.75) is 32.4 Å². The molecule has 33 heavy (non-hydrogen) atoms. The summed E-state index contributed by atoms with van der Waals surface area (Å²) in [5.41, 5.74) is 13.8. The van der Waals surface area contributed by atoms with Crippen LogP contribution in [0, 0.1) is 0 Å². The lowest BCUT2D eigenvalue weighted by Gasteiger charge is -2.19. The number of carbonyl (C=O) groups is 3. The quantitative estimate of drug-likeness (QED) is 0.358. The second-order valence-corrected chi connectivity index (χ2v) is 7.51. The highest BCUT2D eigenvalue weighted by Crippen LogP contribution is 2.19. The van der Waals surface area contributed by atoms with E-state index < -0.39 is 17.9 Å². The molecule has 0 spiro atoms. The molecule has 1 aromatic carbocycles. The second-order valence-electron chi connectivity index (χ2n) is 7.51. The fourth-order valence-corrected chi connectivity index (χ4v) is 3.11. The highest BCUT2D eigenvalue weighted by molar-refractivity contribution is 5.97. The third kappa shape index (κ3) is 5.87. The number of ketones is 1. The number of nitrogens with zero attached hydrogens (tertiary/aromatic N) is 5. The fourth-order valence-electron chi connectivity index (χ4n) is 3.11. The number of hydrogen-bond donors (Lipinski definition) is 4. The average molecular weight is 452 g/mol. The van der Waals surface area contributed by atoms with Crippen LogP contribution in [-0.2, 0) is 16.1 Å². The second kappa shape index (κ2) is 9.85. The first-order valence-electron chi connectivity index (χ1n) is 10.0. The van der Waals surface area contributed by atoms with Crippen LogP contribution in [0.5, 0.6) is 0 Å². The Morgan fingerprint density at radius 3 is 2.45 bits per heavy atom. The van der Waals surface area contributed by atoms with Crippen LogP contribution in [0.3, 0.4) is 0 Å². The molecule has 0 saturated heterocycles. The maximum atomic E-state index is 12.4. The van der Waals surface area contributed by atoms with E-state index in [1.807, 2.05) is 11.9 Å². The number of carboxylic acids is 1. The Morgan fingerprint density at radius 2 is 1.82 bits per heavy atom. The summed E-state index contributed by atoms with van der Waals surface area (Å²) in [6.45, 7) is 1.77. The fraction of sp³-hybridized carbons (Fsp3) is 0.286. The lowest BCUT2D eigenvalue weighted by molar-refractivity contribution is -0.139. The Morgan fingerprint density at radius 1 is 1.12 bits per heavy atom. The van der Waals surface area contributed by atoms with E-state index in [-0.39, 0.29) is 30.4 Å². The number of carboxylic acid groups (broad SMARTS) is 1. The molecule has 0 aliphatic carbocycles. The van der Waals surface area contributed by atoms with Gasteiger partial charge in [-0.1, -0.05) is 0 Å². The Hall–Kier alpha value is -4.35. The molecule has 1 amide bonds. The summed E-state index contributed by atoms with van der Waals surface area (Å²) in [4.78, 5) is 53.4. The van der Waals surface area contributed by atoms with E-state index in [2.05, 4.69) is 25.3 Å². The van der Waals surface area contributed by atoms with E-state index in [1.165, 1.54) is 6.92 Å². The topological polar surface area (TPSA) is 190 Å². The number of carbonyl (C=O) groups excluding carboxylic acids is 2. The number of hydrogen-bond acceptors (Lipinski definition) is 10. The zero-order valence-corrected chi connectivity index (χ0v) is 18.1. The van der Waals surface area contributed by atoms with Crippen molar-refractivity contribution in [1.82, 2.24) is 25.3 Å². The Balaban J connectivity index is 1.67. The van der Waals surface area contributed by atoms with Gasteiger partial charge < -0.3 is 31.6 Å². The van der Waals surface area contributed by atoms with Gasteiger partial charge in [0, 0.05) is 24.7 Å². The van der Waals surface area contributed by atoms with Crippen molar-refractivity contribution in [1.29, 1.82) is 0 Å². The van der Waals surface area contributed by atoms with Crippen molar-refractivity contribution in [3.8, 4) is 0 Å². The average Bonchev–Trinajstić information content (AvgIpc) is 2.76. The summed E-state index contributed by atoms with van der Waals surface area (Å²) in [7, 11) is 1.84. The molecular weight excluding hydrogens is 428 g/mol. The maximum absolute atomic E-state index is 12.4. The van der Waals surface area contributed by atoms with E-state index >= 15 is 0 Å². The standard InChI is InChI=1S/C21H24N8O4/c1-11(30)3-8-15(20(32)33)26-19(31)12-4-6-14(7-5-12)29(2)10-13-9-24-18-16(25-13)17(22)27-21(23)28-18/h4-7,9,15H,3,8,10H2,1-2H3,(H,26,31)(H,32,33)(H4,22,23,24,27,28)/t15-/m0/s1. The van der Waals surface area contributed by atoms with Crippen molar-refractivity contribution in [2.24, 2.45) is 0 Å². The third-order valence-corrected chi connectivity index (χ3v) is 4.86. The van der Waals surface area contributed by atoms with Gasteiger partial charge in [-0.05, 0) is 37.6 Å². The van der Waals surface area contributed by atoms with Gasteiger partial charge in [0.2, 0.25) is 5.95 Å². The molecule has 0 bridgehead atoms. The summed E-state index contributed by atoms with van der Waals surface area (Å²) in [6, 6.07) is 5.50. The molecule has 6 N–H and O–H groups in total. The van der Waals surface area contributed by atoms with Crippen LogP contribution in [0.15, 0.2) is 30.5 Å². The monoisotopic (exact) mass is 452 g/mol. The van der Waals surface area contributed by atoms with Gasteiger partial charge in [0.15, 0.2) is 17.0 Å². The largest absolute Gasteiger partial charge is 0.480 e. The minimum atomic E-state index is -1.19. The number of benzene rings is 1. The highest BCUT2D eigenvalue weighted by atomic mass is 16.4. The molecule has 172 valence electrons. The van der Waals surface area contributed by atoms with Gasteiger partial charge in [0.1, 0.15) is 11.8 Å². The molecule has 0 unspecified atom stereocenters. The molecule has 12 heteroatoms. The van der Waals surface area contributed by atoms with Crippen LogP contribution in [0.2, 0.25) is 0 Å². The number of aromatic nitrogens is 4. The smallest absolute Gasteiger partial charge is 0.326 e. The zero-order valence-electron chi connectivity index (χ0n) is 18.1. The van der Waals surface area contributed by atoms with Crippen molar-refractivity contribution < 1.29 is 19.5 Å². The molecule has 2 heterocycles. The zero-order chi connectivity index (χ0) is 24.1. The number of nitrogen functional groups attached to an aromatic ring is 2. The van der Waals surface area contributed by atoms with Crippen molar-refractivity contribution in [3.05, 3.63) is 41.7 Å². The Kier molecular flexibility index (Phi) is 6.96. The number of amides is 1. The first kappa shape index (κ1) is 23.3. The number of anilines is 3. The summed E-state index contributed by atoms with van der Waals surface area (Å²) in [5, 5.41) is 11.7. The molecule has 1 atom stereocenters. The van der Waals surface area contributed by atoms with Crippen LogP contribution in [0.1, 0.15) is 35.8 Å². The van der Waals surface area contributed by atoms with E-state index in [0.717, 1.165) is 5.69 Å². The van der Waals surface area contributed by atoms with Crippen LogP contribution >= 0.6 is 0 Å². The van der Waals surface area contributed by atoms with E-state index in [4.69, 9.17) is 11.5 Å². The van der Waals surface area contributed by atoms with E-state index in [0.29, 0.717) is 29.0 Å². The van der Waals surface area contributed by atoms with Gasteiger partial charge in [0.05, 0.1) is 18.4 Å². The first-order valence-corrected chi connectivity index (χ1v) is 10.0. The number of Topliss-reactive ketones (excluding diaryl/α,β-unsaturated/α-hetero) is 1. The van der Waals surface area contributed by atoms with Gasteiger partial charge in [-0.2, -0.15) is 9.97 Å². The molecule has 0 saturated carbocycles. The van der Waals surface area contributed by atoms with E-state index in [9.17, 15) is 19.5 Å². The number of fused-ring (bicyclic) bond motifs is 1. The Bertz CT molecular complexity index is 1200. The van der Waals surface area contributed by atoms with Gasteiger partial charge in [-0.15, -0.1) is 0 Å². The molecular formula is C21H24N8O4. The Labute approximate surface area is 189 Å². The minimum Gasteiger partial charge on any atom is -0.480 e.